The quantitative estimate of drug-likeness (QED) is 0.713. The molecule has 1 aliphatic heterocycles. The normalized spacial score (nSPS) is 16.7. The zero-order valence-corrected chi connectivity index (χ0v) is 18.1. The largest absolute Gasteiger partial charge is 0.344 e. The van der Waals surface area contributed by atoms with Gasteiger partial charge in [0.2, 0.25) is 5.91 Å². The first-order valence-electron chi connectivity index (χ1n) is 10.6. The van der Waals surface area contributed by atoms with Gasteiger partial charge in [-0.2, -0.15) is 5.10 Å². The van der Waals surface area contributed by atoms with E-state index >= 15 is 0 Å². The van der Waals surface area contributed by atoms with Crippen molar-refractivity contribution in [2.24, 2.45) is 5.92 Å². The summed E-state index contributed by atoms with van der Waals surface area (Å²) in [5.41, 5.74) is 3.01. The Morgan fingerprint density at radius 1 is 1.28 bits per heavy atom. The number of hydrogen-bond acceptors (Lipinski definition) is 3. The number of likely N-dealkylation sites (N-methyl/N-ethyl adjacent to an activating group) is 1. The second-order valence-corrected chi connectivity index (χ2v) is 8.43. The predicted molar refractivity (Wildman–Crippen MR) is 113 cm³/mol. The molecular weight excluding hydrogens is 367 g/mol. The van der Waals surface area contributed by atoms with Crippen LogP contribution < -0.4 is 0 Å². The van der Waals surface area contributed by atoms with Crippen LogP contribution in [0.2, 0.25) is 0 Å². The van der Waals surface area contributed by atoms with Crippen molar-refractivity contribution >= 4 is 5.91 Å². The van der Waals surface area contributed by atoms with Crippen molar-refractivity contribution in [2.75, 3.05) is 33.2 Å². The highest BCUT2D eigenvalue weighted by atomic mass is 19.1. The number of aromatic nitrogens is 2. The van der Waals surface area contributed by atoms with Crippen molar-refractivity contribution in [3.63, 3.8) is 0 Å². The molecule has 0 aliphatic carbocycles. The zero-order chi connectivity index (χ0) is 21.0. The molecule has 0 spiro atoms. The van der Waals surface area contributed by atoms with Crippen molar-refractivity contribution in [2.45, 2.75) is 46.1 Å². The van der Waals surface area contributed by atoms with Crippen molar-refractivity contribution in [1.82, 2.24) is 19.6 Å². The molecule has 1 fully saturated rings. The highest BCUT2D eigenvalue weighted by Crippen LogP contribution is 2.20. The average Bonchev–Trinajstić information content (AvgIpc) is 3.04. The van der Waals surface area contributed by atoms with Crippen LogP contribution >= 0.6 is 0 Å². The summed E-state index contributed by atoms with van der Waals surface area (Å²) in [6.07, 6.45) is 3.06. The minimum Gasteiger partial charge on any atom is -0.344 e. The molecule has 0 bridgehead atoms. The fourth-order valence-corrected chi connectivity index (χ4v) is 4.31. The second-order valence-electron chi connectivity index (χ2n) is 8.43. The number of carbonyl (C=O) groups is 1. The lowest BCUT2D eigenvalue weighted by Crippen LogP contribution is -2.41. The summed E-state index contributed by atoms with van der Waals surface area (Å²) in [6, 6.07) is 8.60. The summed E-state index contributed by atoms with van der Waals surface area (Å²) in [6.45, 7) is 9.69. The molecule has 2 heterocycles. The fraction of sp³-hybridized carbons (Fsp3) is 0.565. The van der Waals surface area contributed by atoms with E-state index in [1.807, 2.05) is 49.5 Å². The Hall–Kier alpha value is -2.21. The Bertz CT molecular complexity index is 826. The number of benzene rings is 1. The average molecular weight is 401 g/mol. The first-order chi connectivity index (χ1) is 13.8. The lowest BCUT2D eigenvalue weighted by Gasteiger charge is -2.34. The van der Waals surface area contributed by atoms with Crippen LogP contribution in [0.1, 0.15) is 42.8 Å². The van der Waals surface area contributed by atoms with E-state index in [1.54, 1.807) is 12.1 Å². The molecule has 1 amide bonds. The van der Waals surface area contributed by atoms with Crippen LogP contribution in [0.4, 0.5) is 4.39 Å². The highest BCUT2D eigenvalue weighted by Gasteiger charge is 2.25. The number of nitrogens with zero attached hydrogens (tertiary/aromatic N) is 4. The molecule has 0 saturated carbocycles. The molecule has 1 aliphatic rings. The van der Waals surface area contributed by atoms with E-state index < -0.39 is 0 Å². The van der Waals surface area contributed by atoms with Crippen LogP contribution in [-0.4, -0.2) is 58.7 Å². The van der Waals surface area contributed by atoms with Gasteiger partial charge in [-0.1, -0.05) is 12.1 Å². The van der Waals surface area contributed by atoms with E-state index in [0.29, 0.717) is 5.92 Å². The number of aryl methyl sites for hydroxylation is 2. The van der Waals surface area contributed by atoms with Gasteiger partial charge >= 0.3 is 0 Å². The molecule has 1 saturated heterocycles. The molecule has 29 heavy (non-hydrogen) atoms. The van der Waals surface area contributed by atoms with Gasteiger partial charge in [-0.15, -0.1) is 0 Å². The van der Waals surface area contributed by atoms with Crippen LogP contribution in [0.5, 0.6) is 0 Å². The maximum Gasteiger partial charge on any atom is 0.246 e. The molecule has 1 aromatic heterocycles. The molecule has 1 atom stereocenters. The molecule has 5 nitrogen and oxygen atoms in total. The van der Waals surface area contributed by atoms with E-state index in [2.05, 4.69) is 10.00 Å². The monoisotopic (exact) mass is 400 g/mol. The van der Waals surface area contributed by atoms with Gasteiger partial charge in [0.15, 0.2) is 0 Å². The van der Waals surface area contributed by atoms with Crippen molar-refractivity contribution in [3.8, 4) is 0 Å². The standard InChI is InChI=1S/C23H33FN4O/c1-17-14-18(2)28(25-17)19(3)23(29)26(4)16-21-9-12-27(13-10-21)11-8-20-6-5-7-22(24)15-20/h5-7,14-15,19,21H,8-13,16H2,1-4H3. The smallest absolute Gasteiger partial charge is 0.246 e. The van der Waals surface area contributed by atoms with Gasteiger partial charge in [-0.3, -0.25) is 9.48 Å². The number of halogens is 1. The molecule has 1 unspecified atom stereocenters. The van der Waals surface area contributed by atoms with Crippen molar-refractivity contribution in [1.29, 1.82) is 0 Å². The third-order valence-corrected chi connectivity index (χ3v) is 5.99. The van der Waals surface area contributed by atoms with E-state index in [9.17, 15) is 9.18 Å². The van der Waals surface area contributed by atoms with Gasteiger partial charge < -0.3 is 9.80 Å². The molecule has 0 N–H and O–H groups in total. The second kappa shape index (κ2) is 9.53. The van der Waals surface area contributed by atoms with Crippen LogP contribution in [0.25, 0.3) is 0 Å². The summed E-state index contributed by atoms with van der Waals surface area (Å²) in [5.74, 6) is 0.482. The summed E-state index contributed by atoms with van der Waals surface area (Å²) in [5, 5.41) is 4.46. The molecule has 2 aromatic rings. The number of piperidine rings is 1. The maximum absolute atomic E-state index is 13.3. The van der Waals surface area contributed by atoms with Crippen LogP contribution in [0.15, 0.2) is 30.3 Å². The zero-order valence-electron chi connectivity index (χ0n) is 18.1. The summed E-state index contributed by atoms with van der Waals surface area (Å²) in [7, 11) is 1.90. The predicted octanol–water partition coefficient (Wildman–Crippen LogP) is 3.61. The number of rotatable bonds is 7. The van der Waals surface area contributed by atoms with Crippen LogP contribution in [0.3, 0.4) is 0 Å². The highest BCUT2D eigenvalue weighted by molar-refractivity contribution is 5.79. The lowest BCUT2D eigenvalue weighted by molar-refractivity contribution is -0.134. The Labute approximate surface area is 173 Å². The van der Waals surface area contributed by atoms with Gasteiger partial charge in [0.25, 0.3) is 0 Å². The van der Waals surface area contributed by atoms with Gasteiger partial charge in [0.05, 0.1) is 5.69 Å². The van der Waals surface area contributed by atoms with E-state index in [4.69, 9.17) is 0 Å². The minimum atomic E-state index is -0.278. The third-order valence-electron chi connectivity index (χ3n) is 5.99. The molecule has 158 valence electrons. The fourth-order valence-electron chi connectivity index (χ4n) is 4.31. The lowest BCUT2D eigenvalue weighted by atomic mass is 9.95. The summed E-state index contributed by atoms with van der Waals surface area (Å²) < 4.78 is 15.1. The van der Waals surface area contributed by atoms with Crippen molar-refractivity contribution in [3.05, 3.63) is 53.1 Å². The minimum absolute atomic E-state index is 0.115. The maximum atomic E-state index is 13.3. The number of likely N-dealkylation sites (tertiary alicyclic amines) is 1. The molecule has 6 heteroatoms. The van der Waals surface area contributed by atoms with Crippen molar-refractivity contribution < 1.29 is 9.18 Å². The topological polar surface area (TPSA) is 41.4 Å². The Balaban J connectivity index is 1.43. The Kier molecular flexibility index (Phi) is 7.06. The van der Waals surface area contributed by atoms with Gasteiger partial charge in [-0.25, -0.2) is 4.39 Å². The molecule has 0 radical (unpaired) electrons. The summed E-state index contributed by atoms with van der Waals surface area (Å²) >= 11 is 0. The molecule has 1 aromatic carbocycles. The van der Waals surface area contributed by atoms with E-state index in [1.165, 1.54) is 6.07 Å². The number of amides is 1. The summed E-state index contributed by atoms with van der Waals surface area (Å²) in [4.78, 5) is 17.2. The first kappa shape index (κ1) is 21.5. The Morgan fingerprint density at radius 3 is 2.62 bits per heavy atom. The van der Waals surface area contributed by atoms with Gasteiger partial charge in [0, 0.05) is 25.8 Å². The molecule has 3 rings (SSSR count). The van der Waals surface area contributed by atoms with Gasteiger partial charge in [0.1, 0.15) is 11.9 Å². The Morgan fingerprint density at radius 2 is 2.00 bits per heavy atom. The first-order valence-corrected chi connectivity index (χ1v) is 10.6. The third kappa shape index (κ3) is 5.66. The molecular formula is C23H33FN4O. The number of carbonyl (C=O) groups excluding carboxylic acids is 1. The number of hydrogen-bond donors (Lipinski definition) is 0. The van der Waals surface area contributed by atoms with Crippen LogP contribution in [-0.2, 0) is 11.2 Å². The van der Waals surface area contributed by atoms with Crippen LogP contribution in [0, 0.1) is 25.6 Å². The van der Waals surface area contributed by atoms with E-state index in [-0.39, 0.29) is 17.8 Å². The van der Waals surface area contributed by atoms with Gasteiger partial charge in [-0.05, 0) is 82.8 Å². The SMILES string of the molecule is Cc1cc(C)n(C(C)C(=O)N(C)CC2CCN(CCc3cccc(F)c3)CC2)n1. The van der Waals surface area contributed by atoms with E-state index in [0.717, 1.165) is 62.4 Å².